The van der Waals surface area contributed by atoms with Gasteiger partial charge < -0.3 is 20.5 Å². The van der Waals surface area contributed by atoms with Crippen molar-refractivity contribution in [3.63, 3.8) is 0 Å². The number of aliphatic hydroxyl groups is 1. The summed E-state index contributed by atoms with van der Waals surface area (Å²) in [5, 5.41) is 13.8. The zero-order valence-corrected chi connectivity index (χ0v) is 19.6. The van der Waals surface area contributed by atoms with Crippen LogP contribution in [-0.2, 0) is 20.4 Å². The number of ether oxygens (including phenoxy) is 1. The number of carbonyl (C=O) groups is 3. The monoisotopic (exact) mass is 491 g/mol. The van der Waals surface area contributed by atoms with E-state index in [1.807, 2.05) is 0 Å². The maximum Gasteiger partial charge on any atom is 0.325 e. The van der Waals surface area contributed by atoms with E-state index in [1.165, 1.54) is 18.4 Å². The Bertz CT molecular complexity index is 1090. The van der Waals surface area contributed by atoms with Crippen LogP contribution in [0.25, 0.3) is 0 Å². The maximum atomic E-state index is 14.3. The minimum Gasteiger partial charge on any atom is -0.491 e. The van der Waals surface area contributed by atoms with Gasteiger partial charge in [-0.05, 0) is 48.7 Å². The highest BCUT2D eigenvalue weighted by Crippen LogP contribution is 2.27. The number of nitrogens with zero attached hydrogens (tertiary/aromatic N) is 1. The number of benzene rings is 2. The highest BCUT2D eigenvalue weighted by Gasteiger charge is 2.45. The number of hydrogen-bond acceptors (Lipinski definition) is 6. The summed E-state index contributed by atoms with van der Waals surface area (Å²) in [6, 6.07) is 7.56. The lowest BCUT2D eigenvalue weighted by molar-refractivity contribution is -0.134. The molecule has 182 valence electrons. The van der Waals surface area contributed by atoms with Crippen LogP contribution in [0.3, 0.4) is 0 Å². The van der Waals surface area contributed by atoms with Gasteiger partial charge in [0, 0.05) is 22.8 Å². The summed E-state index contributed by atoms with van der Waals surface area (Å²) in [4.78, 5) is 39.8. The molecule has 34 heavy (non-hydrogen) atoms. The predicted molar refractivity (Wildman–Crippen MR) is 124 cm³/mol. The van der Waals surface area contributed by atoms with Crippen LogP contribution in [0.1, 0.15) is 23.6 Å². The summed E-state index contributed by atoms with van der Waals surface area (Å²) < 4.78 is 31.2. The van der Waals surface area contributed by atoms with Crippen LogP contribution in [0.4, 0.5) is 14.9 Å². The first-order chi connectivity index (χ1) is 16.2. The smallest absolute Gasteiger partial charge is 0.325 e. The van der Waals surface area contributed by atoms with Crippen LogP contribution >= 0.6 is 0 Å². The third kappa shape index (κ3) is 5.97. The number of aryl methyl sites for hydroxylation is 1. The summed E-state index contributed by atoms with van der Waals surface area (Å²) in [6.07, 6.45) is 1.39. The minimum absolute atomic E-state index is 0.0533. The largest absolute Gasteiger partial charge is 0.491 e. The molecule has 0 saturated carbocycles. The first-order valence-electron chi connectivity index (χ1n) is 10.6. The molecule has 11 heteroatoms. The van der Waals surface area contributed by atoms with Crippen LogP contribution in [0, 0.1) is 12.7 Å². The van der Waals surface area contributed by atoms with Gasteiger partial charge in [-0.25, -0.2) is 14.1 Å². The number of anilines is 1. The minimum atomic E-state index is -1.29. The molecule has 9 nitrogen and oxygen atoms in total. The first-order valence-corrected chi connectivity index (χ1v) is 12.3. The molecule has 0 bridgehead atoms. The zero-order valence-electron chi connectivity index (χ0n) is 18.7. The van der Waals surface area contributed by atoms with E-state index >= 15 is 0 Å². The number of urea groups is 1. The van der Waals surface area contributed by atoms with Crippen LogP contribution in [0.5, 0.6) is 5.75 Å². The van der Waals surface area contributed by atoms with Crippen molar-refractivity contribution in [3.8, 4) is 5.75 Å². The average molecular weight is 492 g/mol. The van der Waals surface area contributed by atoms with Crippen LogP contribution in [0.15, 0.2) is 42.5 Å². The fraction of sp³-hybridized carbons (Fsp3) is 0.348. The number of aliphatic hydroxyl groups excluding tert-OH is 1. The molecule has 1 aliphatic rings. The molecule has 4 amide bonds. The molecule has 0 spiro atoms. The topological polar surface area (TPSA) is 125 Å². The fourth-order valence-corrected chi connectivity index (χ4v) is 4.08. The SMILES string of the molecule is Cc1ccc(NC(=O)C(CCS(C)=O)N2C(=O)N[C@H](c3ccc(OCCO)cc3)C2=O)c(F)c1. The first kappa shape index (κ1) is 25.3. The van der Waals surface area contributed by atoms with Crippen molar-refractivity contribution in [2.24, 2.45) is 0 Å². The molecule has 2 unspecified atom stereocenters. The predicted octanol–water partition coefficient (Wildman–Crippen LogP) is 1.87. The Labute approximate surface area is 198 Å². The van der Waals surface area contributed by atoms with Crippen LogP contribution in [0.2, 0.25) is 0 Å². The zero-order chi connectivity index (χ0) is 24.8. The van der Waals surface area contributed by atoms with Crippen LogP contribution in [-0.4, -0.2) is 63.3 Å². The Kier molecular flexibility index (Phi) is 8.35. The number of imide groups is 1. The number of nitrogens with one attached hydrogen (secondary N) is 2. The molecule has 2 aromatic rings. The van der Waals surface area contributed by atoms with Gasteiger partial charge in [0.2, 0.25) is 5.91 Å². The quantitative estimate of drug-likeness (QED) is 0.436. The summed E-state index contributed by atoms with van der Waals surface area (Å²) in [5.74, 6) is -1.52. The van der Waals surface area contributed by atoms with Gasteiger partial charge in [-0.3, -0.25) is 13.8 Å². The van der Waals surface area contributed by atoms with E-state index in [-0.39, 0.29) is 31.1 Å². The van der Waals surface area contributed by atoms with Crippen molar-refractivity contribution in [2.45, 2.75) is 25.4 Å². The molecule has 1 fully saturated rings. The average Bonchev–Trinajstić information content (AvgIpc) is 3.09. The molecule has 2 aromatic carbocycles. The van der Waals surface area contributed by atoms with Gasteiger partial charge in [0.25, 0.3) is 5.91 Å². The Morgan fingerprint density at radius 2 is 1.97 bits per heavy atom. The Morgan fingerprint density at radius 1 is 1.26 bits per heavy atom. The Morgan fingerprint density at radius 3 is 2.59 bits per heavy atom. The molecule has 1 aliphatic heterocycles. The summed E-state index contributed by atoms with van der Waals surface area (Å²) in [5.41, 5.74) is 1.05. The molecular weight excluding hydrogens is 465 g/mol. The Balaban J connectivity index is 1.82. The lowest BCUT2D eigenvalue weighted by Crippen LogP contribution is -2.48. The summed E-state index contributed by atoms with van der Waals surface area (Å²) in [6.45, 7) is 1.67. The third-order valence-corrected chi connectivity index (χ3v) is 6.03. The molecule has 0 aliphatic carbocycles. The normalized spacial score (nSPS) is 17.3. The van der Waals surface area contributed by atoms with Gasteiger partial charge in [0.05, 0.1) is 12.3 Å². The standard InChI is InChI=1S/C23H26FN3O6S/c1-14-3-8-18(17(24)13-14)25-21(29)19(9-12-34(2)32)27-22(30)20(26-23(27)31)15-4-6-16(7-5-15)33-11-10-28/h3-8,13,19-20,28H,9-12H2,1-2H3,(H,25,29)(H,26,31)/t19?,20-,34?/m1/s1. The van der Waals surface area contributed by atoms with E-state index in [4.69, 9.17) is 9.84 Å². The highest BCUT2D eigenvalue weighted by atomic mass is 32.2. The van der Waals surface area contributed by atoms with E-state index < -0.39 is 46.5 Å². The molecular formula is C23H26FN3O6S. The second-order valence-electron chi connectivity index (χ2n) is 7.79. The number of hydrogen-bond donors (Lipinski definition) is 3. The van der Waals surface area contributed by atoms with Crippen molar-refractivity contribution in [3.05, 3.63) is 59.4 Å². The van der Waals surface area contributed by atoms with Gasteiger partial charge in [-0.1, -0.05) is 18.2 Å². The Hall–Kier alpha value is -3.31. The van der Waals surface area contributed by atoms with Crippen LogP contribution < -0.4 is 15.4 Å². The van der Waals surface area contributed by atoms with Crippen molar-refractivity contribution in [1.82, 2.24) is 10.2 Å². The molecule has 0 radical (unpaired) electrons. The second kappa shape index (κ2) is 11.2. The molecule has 1 saturated heterocycles. The van der Waals surface area contributed by atoms with E-state index in [0.717, 1.165) is 4.90 Å². The lowest BCUT2D eigenvalue weighted by Gasteiger charge is -2.24. The molecule has 0 aromatic heterocycles. The lowest BCUT2D eigenvalue weighted by atomic mass is 10.1. The number of halogens is 1. The van der Waals surface area contributed by atoms with Gasteiger partial charge >= 0.3 is 6.03 Å². The number of rotatable bonds is 10. The van der Waals surface area contributed by atoms with E-state index in [2.05, 4.69) is 10.6 Å². The maximum absolute atomic E-state index is 14.3. The summed E-state index contributed by atoms with van der Waals surface area (Å²) in [7, 11) is -1.29. The van der Waals surface area contributed by atoms with Gasteiger partial charge in [-0.2, -0.15) is 0 Å². The van der Waals surface area contributed by atoms with E-state index in [0.29, 0.717) is 16.9 Å². The van der Waals surface area contributed by atoms with Gasteiger partial charge in [-0.15, -0.1) is 0 Å². The van der Waals surface area contributed by atoms with Crippen molar-refractivity contribution in [1.29, 1.82) is 0 Å². The second-order valence-corrected chi connectivity index (χ2v) is 9.34. The highest BCUT2D eigenvalue weighted by molar-refractivity contribution is 7.84. The molecule has 3 atom stereocenters. The molecule has 1 heterocycles. The number of amides is 4. The van der Waals surface area contributed by atoms with Gasteiger partial charge in [0.1, 0.15) is 30.3 Å². The van der Waals surface area contributed by atoms with E-state index in [1.54, 1.807) is 37.3 Å². The number of carbonyl (C=O) groups excluding carboxylic acids is 3. The molecule has 3 rings (SSSR count). The molecule has 3 N–H and O–H groups in total. The fourth-order valence-electron chi connectivity index (χ4n) is 3.53. The third-order valence-electron chi connectivity index (χ3n) is 5.22. The van der Waals surface area contributed by atoms with E-state index in [9.17, 15) is 23.0 Å². The van der Waals surface area contributed by atoms with Crippen molar-refractivity contribution in [2.75, 3.05) is 30.5 Å². The van der Waals surface area contributed by atoms with Crippen molar-refractivity contribution < 1.29 is 32.8 Å². The summed E-state index contributed by atoms with van der Waals surface area (Å²) >= 11 is 0. The van der Waals surface area contributed by atoms with Crippen molar-refractivity contribution >= 4 is 34.3 Å². The van der Waals surface area contributed by atoms with Gasteiger partial charge in [0.15, 0.2) is 0 Å².